The number of hydrogen-bond donors (Lipinski definition) is 0. The molecular formula is C29H32N3O4P. The molecule has 7 nitrogen and oxygen atoms in total. The van der Waals surface area contributed by atoms with Crippen LogP contribution in [0.15, 0.2) is 79.1 Å². The zero-order valence-electron chi connectivity index (χ0n) is 21.2. The molecule has 1 saturated heterocycles. The molecule has 37 heavy (non-hydrogen) atoms. The number of methoxy groups -OCH3 is 2. The van der Waals surface area contributed by atoms with E-state index in [4.69, 9.17) is 18.5 Å². The lowest BCUT2D eigenvalue weighted by Crippen LogP contribution is -2.34. The number of aromatic nitrogens is 2. The number of para-hydroxylation sites is 2. The van der Waals surface area contributed by atoms with E-state index in [1.54, 1.807) is 20.5 Å². The normalized spacial score (nSPS) is 14.1. The average molecular weight is 518 g/mol. The Morgan fingerprint density at radius 2 is 1.41 bits per heavy atom. The monoisotopic (exact) mass is 517 g/mol. The van der Waals surface area contributed by atoms with Crippen LogP contribution in [0.4, 0.5) is 5.82 Å². The van der Waals surface area contributed by atoms with E-state index < -0.39 is 8.38 Å². The molecule has 0 aliphatic carbocycles. The highest BCUT2D eigenvalue weighted by molar-refractivity contribution is 7.48. The summed E-state index contributed by atoms with van der Waals surface area (Å²) in [5, 5.41) is 0.981. The standard InChI is InChI=1S/C29H32N3O4P/c1-33-27-19-25-26(20-28(27)34-2)30-21-31-29(25)32-16-13-22(14-17-32)15-18-37(35-23-9-5-3-6-10-23)36-24-11-7-4-8-12-24/h3-12,19-22H,13-18H2,1-2H3. The van der Waals surface area contributed by atoms with Gasteiger partial charge in [-0.2, -0.15) is 0 Å². The Morgan fingerprint density at radius 1 is 0.811 bits per heavy atom. The van der Waals surface area contributed by atoms with Crippen molar-refractivity contribution in [3.8, 4) is 23.0 Å². The summed E-state index contributed by atoms with van der Waals surface area (Å²) in [5.74, 6) is 4.62. The van der Waals surface area contributed by atoms with Crippen molar-refractivity contribution in [3.05, 3.63) is 79.1 Å². The second kappa shape index (κ2) is 12.1. The molecule has 5 rings (SSSR count). The van der Waals surface area contributed by atoms with Gasteiger partial charge in [0.15, 0.2) is 11.5 Å². The molecule has 2 heterocycles. The lowest BCUT2D eigenvalue weighted by molar-refractivity contribution is 0.355. The van der Waals surface area contributed by atoms with Gasteiger partial charge in [-0.1, -0.05) is 36.4 Å². The zero-order valence-corrected chi connectivity index (χ0v) is 22.1. The molecule has 0 amide bonds. The van der Waals surface area contributed by atoms with Crippen LogP contribution in [0.5, 0.6) is 23.0 Å². The average Bonchev–Trinajstić information content (AvgIpc) is 2.96. The van der Waals surface area contributed by atoms with Crippen molar-refractivity contribution in [3.63, 3.8) is 0 Å². The first kappa shape index (κ1) is 25.1. The van der Waals surface area contributed by atoms with Gasteiger partial charge in [-0.25, -0.2) is 9.97 Å². The van der Waals surface area contributed by atoms with Gasteiger partial charge in [0, 0.05) is 30.7 Å². The van der Waals surface area contributed by atoms with Gasteiger partial charge in [0.25, 0.3) is 8.38 Å². The van der Waals surface area contributed by atoms with Crippen LogP contribution in [0.2, 0.25) is 0 Å². The molecule has 0 N–H and O–H groups in total. The lowest BCUT2D eigenvalue weighted by atomic mass is 9.94. The number of piperidine rings is 1. The summed E-state index contributed by atoms with van der Waals surface area (Å²) in [6, 6.07) is 23.8. The molecule has 192 valence electrons. The summed E-state index contributed by atoms with van der Waals surface area (Å²) < 4.78 is 23.5. The molecule has 0 bridgehead atoms. The highest BCUT2D eigenvalue weighted by atomic mass is 31.2. The van der Waals surface area contributed by atoms with E-state index in [-0.39, 0.29) is 0 Å². The van der Waals surface area contributed by atoms with E-state index >= 15 is 0 Å². The van der Waals surface area contributed by atoms with Gasteiger partial charge in [0.05, 0.1) is 19.7 Å². The summed E-state index contributed by atoms with van der Waals surface area (Å²) in [6.07, 6.45) is 5.77. The van der Waals surface area contributed by atoms with Gasteiger partial charge >= 0.3 is 0 Å². The Kier molecular flexibility index (Phi) is 8.21. The van der Waals surface area contributed by atoms with Gasteiger partial charge in [0.1, 0.15) is 23.6 Å². The topological polar surface area (TPSA) is 65.9 Å². The molecule has 0 unspecified atom stereocenters. The maximum atomic E-state index is 6.28. The van der Waals surface area contributed by atoms with Crippen LogP contribution in [-0.4, -0.2) is 43.4 Å². The van der Waals surface area contributed by atoms with Gasteiger partial charge < -0.3 is 23.4 Å². The smallest absolute Gasteiger partial charge is 0.290 e. The fourth-order valence-corrected chi connectivity index (χ4v) is 6.16. The predicted octanol–water partition coefficient (Wildman–Crippen LogP) is 6.72. The van der Waals surface area contributed by atoms with E-state index in [0.717, 1.165) is 66.7 Å². The number of hydrogen-bond acceptors (Lipinski definition) is 7. The zero-order chi connectivity index (χ0) is 25.5. The second-order valence-electron chi connectivity index (χ2n) is 9.01. The van der Waals surface area contributed by atoms with Crippen molar-refractivity contribution in [2.75, 3.05) is 38.4 Å². The number of benzene rings is 3. The molecule has 1 aliphatic heterocycles. The summed E-state index contributed by atoms with van der Waals surface area (Å²) in [7, 11) is 2.20. The van der Waals surface area contributed by atoms with Crippen molar-refractivity contribution in [1.82, 2.24) is 9.97 Å². The third-order valence-corrected chi connectivity index (χ3v) is 8.11. The molecule has 8 heteroatoms. The van der Waals surface area contributed by atoms with Crippen LogP contribution < -0.4 is 23.4 Å². The number of nitrogens with zero attached hydrogens (tertiary/aromatic N) is 3. The second-order valence-corrected chi connectivity index (χ2v) is 10.5. The van der Waals surface area contributed by atoms with Gasteiger partial charge in [0.2, 0.25) is 0 Å². The highest BCUT2D eigenvalue weighted by Crippen LogP contribution is 2.43. The molecular weight excluding hydrogens is 485 g/mol. The quantitative estimate of drug-likeness (QED) is 0.216. The van der Waals surface area contributed by atoms with Crippen molar-refractivity contribution >= 4 is 25.1 Å². The molecule has 1 fully saturated rings. The minimum atomic E-state index is -1.09. The molecule has 0 saturated carbocycles. The summed E-state index contributed by atoms with van der Waals surface area (Å²) in [5.41, 5.74) is 0.853. The van der Waals surface area contributed by atoms with Crippen LogP contribution in [0, 0.1) is 5.92 Å². The third kappa shape index (κ3) is 6.23. The number of rotatable bonds is 10. The molecule has 3 aromatic carbocycles. The molecule has 0 spiro atoms. The minimum absolute atomic E-state index is 0.614. The number of ether oxygens (including phenoxy) is 2. The lowest BCUT2D eigenvalue weighted by Gasteiger charge is -2.33. The molecule has 0 radical (unpaired) electrons. The maximum Gasteiger partial charge on any atom is 0.290 e. The maximum absolute atomic E-state index is 6.28. The van der Waals surface area contributed by atoms with Crippen molar-refractivity contribution in [2.45, 2.75) is 19.3 Å². The minimum Gasteiger partial charge on any atom is -0.493 e. The van der Waals surface area contributed by atoms with E-state index in [0.29, 0.717) is 17.4 Å². The fourth-order valence-electron chi connectivity index (χ4n) is 4.65. The SMILES string of the molecule is COc1cc2ncnc(N3CCC(CCP(Oc4ccccc4)Oc4ccccc4)CC3)c2cc1OC. The molecule has 1 aliphatic rings. The largest absolute Gasteiger partial charge is 0.493 e. The molecule has 0 atom stereocenters. The Bertz CT molecular complexity index is 1240. The fraction of sp³-hybridized carbons (Fsp3) is 0.310. The van der Waals surface area contributed by atoms with Gasteiger partial charge in [-0.15, -0.1) is 0 Å². The Balaban J connectivity index is 1.22. The van der Waals surface area contributed by atoms with Crippen LogP contribution in [-0.2, 0) is 0 Å². The Hall–Kier alpha value is -3.57. The van der Waals surface area contributed by atoms with Crippen LogP contribution in [0.25, 0.3) is 10.9 Å². The van der Waals surface area contributed by atoms with Gasteiger partial charge in [-0.05, 0) is 55.5 Å². The first-order chi connectivity index (χ1) is 18.2. The van der Waals surface area contributed by atoms with Crippen LogP contribution >= 0.6 is 8.38 Å². The molecule has 4 aromatic rings. The van der Waals surface area contributed by atoms with Crippen LogP contribution in [0.1, 0.15) is 19.3 Å². The summed E-state index contributed by atoms with van der Waals surface area (Å²) in [6.45, 7) is 1.89. The first-order valence-electron chi connectivity index (χ1n) is 12.6. The van der Waals surface area contributed by atoms with Crippen LogP contribution in [0.3, 0.4) is 0 Å². The summed E-state index contributed by atoms with van der Waals surface area (Å²) in [4.78, 5) is 11.4. The van der Waals surface area contributed by atoms with Crippen molar-refractivity contribution in [1.29, 1.82) is 0 Å². The Labute approximate surface area is 219 Å². The number of fused-ring (bicyclic) bond motifs is 1. The van der Waals surface area contributed by atoms with E-state index in [1.165, 1.54) is 0 Å². The summed E-state index contributed by atoms with van der Waals surface area (Å²) >= 11 is 0. The van der Waals surface area contributed by atoms with E-state index in [9.17, 15) is 0 Å². The molecule has 1 aromatic heterocycles. The van der Waals surface area contributed by atoms with Gasteiger partial charge in [-0.3, -0.25) is 0 Å². The first-order valence-corrected chi connectivity index (χ1v) is 13.9. The van der Waals surface area contributed by atoms with Crippen molar-refractivity contribution in [2.24, 2.45) is 5.92 Å². The van der Waals surface area contributed by atoms with E-state index in [1.807, 2.05) is 72.8 Å². The third-order valence-electron chi connectivity index (χ3n) is 6.65. The highest BCUT2D eigenvalue weighted by Gasteiger charge is 2.25. The van der Waals surface area contributed by atoms with E-state index in [2.05, 4.69) is 14.9 Å². The van der Waals surface area contributed by atoms with Crippen molar-refractivity contribution < 1.29 is 18.5 Å². The predicted molar refractivity (Wildman–Crippen MR) is 148 cm³/mol. The Morgan fingerprint density at radius 3 is 2.00 bits per heavy atom. The number of anilines is 1.